The molecule has 0 saturated carbocycles. The summed E-state index contributed by atoms with van der Waals surface area (Å²) in [5, 5.41) is 4.66. The zero-order valence-electron chi connectivity index (χ0n) is 13.1. The van der Waals surface area contributed by atoms with Gasteiger partial charge in [-0.3, -0.25) is 9.59 Å². The van der Waals surface area contributed by atoms with E-state index in [2.05, 4.69) is 21.2 Å². The van der Waals surface area contributed by atoms with Gasteiger partial charge in [0.15, 0.2) is 12.4 Å². The first kappa shape index (κ1) is 17.4. The quantitative estimate of drug-likeness (QED) is 0.574. The summed E-state index contributed by atoms with van der Waals surface area (Å²) in [5.74, 6) is 0.244. The third-order valence-electron chi connectivity index (χ3n) is 3.37. The Labute approximate surface area is 157 Å². The number of carbonyl (C=O) groups excluding carboxylic acids is 2. The second-order valence-corrected chi connectivity index (χ2v) is 7.04. The molecule has 0 aliphatic rings. The van der Waals surface area contributed by atoms with Gasteiger partial charge in [-0.1, -0.05) is 40.2 Å². The number of carbonyl (C=O) groups is 2. The average molecular weight is 416 g/mol. The number of benzene rings is 2. The minimum absolute atomic E-state index is 0.0655. The average Bonchev–Trinajstić information content (AvgIpc) is 3.15. The van der Waals surface area contributed by atoms with E-state index in [1.165, 1.54) is 11.3 Å². The Hall–Kier alpha value is -2.44. The van der Waals surface area contributed by atoms with Crippen molar-refractivity contribution in [1.82, 2.24) is 0 Å². The molecule has 0 radical (unpaired) electrons. The maximum Gasteiger partial charge on any atom is 0.265 e. The predicted molar refractivity (Wildman–Crippen MR) is 103 cm³/mol. The molecule has 126 valence electrons. The molecule has 0 aliphatic carbocycles. The summed E-state index contributed by atoms with van der Waals surface area (Å²) in [7, 11) is 0. The highest BCUT2D eigenvalue weighted by molar-refractivity contribution is 9.10. The number of nitrogens with one attached hydrogen (secondary N) is 1. The molecular weight excluding hydrogens is 402 g/mol. The van der Waals surface area contributed by atoms with Gasteiger partial charge in [0.2, 0.25) is 0 Å². The number of ketones is 1. The molecule has 3 rings (SSSR count). The Morgan fingerprint density at radius 1 is 1.04 bits per heavy atom. The Balaban J connectivity index is 1.60. The first-order chi connectivity index (χ1) is 12.1. The lowest BCUT2D eigenvalue weighted by Crippen LogP contribution is -2.12. The van der Waals surface area contributed by atoms with Gasteiger partial charge in [-0.2, -0.15) is 0 Å². The van der Waals surface area contributed by atoms with Crippen molar-refractivity contribution in [3.8, 4) is 5.75 Å². The number of hydrogen-bond acceptors (Lipinski definition) is 4. The van der Waals surface area contributed by atoms with Gasteiger partial charge in [0.1, 0.15) is 5.75 Å². The number of halogens is 1. The lowest BCUT2D eigenvalue weighted by Gasteiger charge is -2.08. The minimum Gasteiger partial charge on any atom is -0.485 e. The van der Waals surface area contributed by atoms with Crippen LogP contribution in [-0.4, -0.2) is 18.3 Å². The molecule has 0 unspecified atom stereocenters. The molecule has 0 saturated heterocycles. The summed E-state index contributed by atoms with van der Waals surface area (Å²) in [5.41, 5.74) is 1.21. The lowest BCUT2D eigenvalue weighted by molar-refractivity contribution is 0.0920. The van der Waals surface area contributed by atoms with Crippen molar-refractivity contribution < 1.29 is 14.3 Å². The molecule has 4 nitrogen and oxygen atoms in total. The van der Waals surface area contributed by atoms with E-state index in [0.29, 0.717) is 21.9 Å². The van der Waals surface area contributed by atoms with Crippen molar-refractivity contribution in [2.75, 3.05) is 11.9 Å². The number of Topliss-reactive ketones (excluding diaryl/α,β-unsaturated/α-hetero) is 1. The Morgan fingerprint density at radius 3 is 2.56 bits per heavy atom. The Morgan fingerprint density at radius 2 is 1.84 bits per heavy atom. The second-order valence-electron chi connectivity index (χ2n) is 5.18. The summed E-state index contributed by atoms with van der Waals surface area (Å²) >= 11 is 4.71. The summed E-state index contributed by atoms with van der Waals surface area (Å²) in [6, 6.07) is 17.7. The topological polar surface area (TPSA) is 55.4 Å². The number of thiophene rings is 1. The van der Waals surface area contributed by atoms with Crippen molar-refractivity contribution in [3.63, 3.8) is 0 Å². The fraction of sp³-hybridized carbons (Fsp3) is 0.0526. The molecule has 2 aromatic carbocycles. The molecule has 1 amide bonds. The summed E-state index contributed by atoms with van der Waals surface area (Å²) in [4.78, 5) is 24.8. The molecule has 1 heterocycles. The van der Waals surface area contributed by atoms with Gasteiger partial charge in [0, 0.05) is 21.8 Å². The second kappa shape index (κ2) is 8.09. The largest absolute Gasteiger partial charge is 0.485 e. The van der Waals surface area contributed by atoms with E-state index >= 15 is 0 Å². The SMILES string of the molecule is O=C(COc1cccc(NC(=O)c2cccs2)c1)c1ccc(Br)cc1. The Bertz CT molecular complexity index is 876. The molecule has 6 heteroatoms. The van der Waals surface area contributed by atoms with Crippen LogP contribution in [0.1, 0.15) is 20.0 Å². The highest BCUT2D eigenvalue weighted by atomic mass is 79.9. The Kier molecular flexibility index (Phi) is 5.63. The molecule has 0 fully saturated rings. The third kappa shape index (κ3) is 4.78. The zero-order chi connectivity index (χ0) is 17.6. The van der Waals surface area contributed by atoms with Crippen LogP contribution in [0.15, 0.2) is 70.5 Å². The minimum atomic E-state index is -0.168. The highest BCUT2D eigenvalue weighted by Crippen LogP contribution is 2.19. The van der Waals surface area contributed by atoms with Crippen molar-refractivity contribution >= 4 is 44.6 Å². The summed E-state index contributed by atoms with van der Waals surface area (Å²) in [6.07, 6.45) is 0. The first-order valence-corrected chi connectivity index (χ1v) is 9.15. The van der Waals surface area contributed by atoms with Gasteiger partial charge >= 0.3 is 0 Å². The monoisotopic (exact) mass is 415 g/mol. The fourth-order valence-electron chi connectivity index (χ4n) is 2.13. The van der Waals surface area contributed by atoms with Crippen LogP contribution in [0.5, 0.6) is 5.75 Å². The molecule has 0 bridgehead atoms. The number of rotatable bonds is 6. The molecule has 25 heavy (non-hydrogen) atoms. The summed E-state index contributed by atoms with van der Waals surface area (Å²) in [6.45, 7) is -0.0655. The van der Waals surface area contributed by atoms with Crippen molar-refractivity contribution in [2.45, 2.75) is 0 Å². The van der Waals surface area contributed by atoms with Crippen LogP contribution >= 0.6 is 27.3 Å². The van der Waals surface area contributed by atoms with Crippen molar-refractivity contribution in [1.29, 1.82) is 0 Å². The molecule has 0 atom stereocenters. The first-order valence-electron chi connectivity index (χ1n) is 7.48. The molecule has 1 aromatic heterocycles. The smallest absolute Gasteiger partial charge is 0.265 e. The van der Waals surface area contributed by atoms with Gasteiger partial charge in [-0.15, -0.1) is 11.3 Å². The van der Waals surface area contributed by atoms with E-state index in [4.69, 9.17) is 4.74 Å². The molecule has 3 aromatic rings. The maximum atomic E-state index is 12.1. The van der Waals surface area contributed by atoms with Gasteiger partial charge in [0.25, 0.3) is 5.91 Å². The van der Waals surface area contributed by atoms with E-state index in [1.807, 2.05) is 23.6 Å². The van der Waals surface area contributed by atoms with Crippen LogP contribution in [0.3, 0.4) is 0 Å². The number of amides is 1. The molecule has 1 N–H and O–H groups in total. The van der Waals surface area contributed by atoms with Crippen LogP contribution in [0.4, 0.5) is 5.69 Å². The highest BCUT2D eigenvalue weighted by Gasteiger charge is 2.09. The number of ether oxygens (including phenoxy) is 1. The van der Waals surface area contributed by atoms with Crippen LogP contribution in [0, 0.1) is 0 Å². The van der Waals surface area contributed by atoms with Gasteiger partial charge < -0.3 is 10.1 Å². The van der Waals surface area contributed by atoms with E-state index < -0.39 is 0 Å². The van der Waals surface area contributed by atoms with E-state index in [1.54, 1.807) is 42.5 Å². The third-order valence-corrected chi connectivity index (χ3v) is 4.77. The molecule has 0 aliphatic heterocycles. The van der Waals surface area contributed by atoms with Crippen molar-refractivity contribution in [2.24, 2.45) is 0 Å². The van der Waals surface area contributed by atoms with E-state index in [9.17, 15) is 9.59 Å². The van der Waals surface area contributed by atoms with Gasteiger partial charge in [-0.05, 0) is 35.7 Å². The van der Waals surface area contributed by atoms with Crippen LogP contribution in [0.2, 0.25) is 0 Å². The van der Waals surface area contributed by atoms with Crippen LogP contribution in [0.25, 0.3) is 0 Å². The molecule has 0 spiro atoms. The zero-order valence-corrected chi connectivity index (χ0v) is 15.5. The van der Waals surface area contributed by atoms with E-state index in [0.717, 1.165) is 4.47 Å². The normalized spacial score (nSPS) is 10.3. The predicted octanol–water partition coefficient (Wildman–Crippen LogP) is 5.02. The maximum absolute atomic E-state index is 12.1. The van der Waals surface area contributed by atoms with Gasteiger partial charge in [0.05, 0.1) is 4.88 Å². The standard InChI is InChI=1S/C19H14BrNO3S/c20-14-8-6-13(7-9-14)17(22)12-24-16-4-1-3-15(11-16)21-19(23)18-5-2-10-25-18/h1-11H,12H2,(H,21,23). The van der Waals surface area contributed by atoms with Crippen molar-refractivity contribution in [3.05, 3.63) is 81.0 Å². The summed E-state index contributed by atoms with van der Waals surface area (Å²) < 4.78 is 6.47. The van der Waals surface area contributed by atoms with E-state index in [-0.39, 0.29) is 18.3 Å². The van der Waals surface area contributed by atoms with Crippen LogP contribution < -0.4 is 10.1 Å². The van der Waals surface area contributed by atoms with Gasteiger partial charge in [-0.25, -0.2) is 0 Å². The lowest BCUT2D eigenvalue weighted by atomic mass is 10.1. The van der Waals surface area contributed by atoms with Crippen LogP contribution in [-0.2, 0) is 0 Å². The fourth-order valence-corrected chi connectivity index (χ4v) is 3.02. The number of hydrogen-bond donors (Lipinski definition) is 1. The number of anilines is 1. The molecular formula is C19H14BrNO3S.